The van der Waals surface area contributed by atoms with E-state index in [-0.39, 0.29) is 26.1 Å². The number of hydrogen-bond donors (Lipinski definition) is 4. The Bertz CT molecular complexity index is 469. The lowest BCUT2D eigenvalue weighted by Crippen LogP contribution is -2.59. The summed E-state index contributed by atoms with van der Waals surface area (Å²) in [5.41, 5.74) is 0. The standard InChI is InChI=1S/C18H32O10/c1-3-5-6-7-14(21)27-11(9-25-13(20)4-2)10-26-18-17(24)16(23)15(22)12(8-19)28-18/h11-12,15-19,22-24H,3-10H2,1-2H3. The molecule has 0 aliphatic carbocycles. The molecule has 0 aromatic heterocycles. The Morgan fingerprint density at radius 3 is 2.32 bits per heavy atom. The molecule has 1 saturated heterocycles. The fourth-order valence-corrected chi connectivity index (χ4v) is 2.58. The summed E-state index contributed by atoms with van der Waals surface area (Å²) >= 11 is 0. The van der Waals surface area contributed by atoms with E-state index in [1.54, 1.807) is 6.92 Å². The molecule has 4 N–H and O–H groups in total. The van der Waals surface area contributed by atoms with Crippen LogP contribution in [0.4, 0.5) is 0 Å². The number of ether oxygens (including phenoxy) is 4. The zero-order valence-electron chi connectivity index (χ0n) is 16.4. The molecule has 0 amide bonds. The van der Waals surface area contributed by atoms with Gasteiger partial charge in [-0.2, -0.15) is 0 Å². The van der Waals surface area contributed by atoms with Gasteiger partial charge in [-0.1, -0.05) is 26.7 Å². The number of carbonyl (C=O) groups excluding carboxylic acids is 2. The smallest absolute Gasteiger partial charge is 0.306 e. The molecule has 164 valence electrons. The van der Waals surface area contributed by atoms with Crippen LogP contribution in [-0.4, -0.2) is 89.0 Å². The molecule has 1 fully saturated rings. The quantitative estimate of drug-likeness (QED) is 0.240. The Morgan fingerprint density at radius 2 is 1.71 bits per heavy atom. The monoisotopic (exact) mass is 408 g/mol. The third-order valence-corrected chi connectivity index (χ3v) is 4.30. The number of carbonyl (C=O) groups is 2. The highest BCUT2D eigenvalue weighted by Crippen LogP contribution is 2.22. The number of hydrogen-bond acceptors (Lipinski definition) is 10. The van der Waals surface area contributed by atoms with E-state index in [0.29, 0.717) is 6.42 Å². The van der Waals surface area contributed by atoms with E-state index >= 15 is 0 Å². The van der Waals surface area contributed by atoms with Gasteiger partial charge in [0.2, 0.25) is 0 Å². The van der Waals surface area contributed by atoms with Gasteiger partial charge in [0.25, 0.3) is 0 Å². The maximum absolute atomic E-state index is 11.9. The van der Waals surface area contributed by atoms with Crippen LogP contribution >= 0.6 is 0 Å². The lowest BCUT2D eigenvalue weighted by molar-refractivity contribution is -0.305. The second-order valence-corrected chi connectivity index (χ2v) is 6.64. The highest BCUT2D eigenvalue weighted by Gasteiger charge is 2.44. The number of aliphatic hydroxyl groups excluding tert-OH is 4. The summed E-state index contributed by atoms with van der Waals surface area (Å²) < 4.78 is 20.9. The Hall–Kier alpha value is -1.30. The minimum absolute atomic E-state index is 0.157. The van der Waals surface area contributed by atoms with Gasteiger partial charge in [-0.25, -0.2) is 0 Å². The van der Waals surface area contributed by atoms with Crippen LogP contribution in [0.3, 0.4) is 0 Å². The van der Waals surface area contributed by atoms with Crippen molar-refractivity contribution < 1.29 is 49.0 Å². The summed E-state index contributed by atoms with van der Waals surface area (Å²) in [7, 11) is 0. The van der Waals surface area contributed by atoms with Crippen LogP contribution in [0.2, 0.25) is 0 Å². The Labute approximate surface area is 164 Å². The molecule has 28 heavy (non-hydrogen) atoms. The number of esters is 2. The maximum atomic E-state index is 11.9. The summed E-state index contributed by atoms with van der Waals surface area (Å²) in [5.74, 6) is -0.941. The highest BCUT2D eigenvalue weighted by atomic mass is 16.7. The van der Waals surface area contributed by atoms with Gasteiger partial charge >= 0.3 is 11.9 Å². The van der Waals surface area contributed by atoms with Gasteiger partial charge in [-0.3, -0.25) is 9.59 Å². The van der Waals surface area contributed by atoms with Gasteiger partial charge in [0.1, 0.15) is 31.0 Å². The molecule has 10 heteroatoms. The molecular weight excluding hydrogens is 376 g/mol. The van der Waals surface area contributed by atoms with Crippen molar-refractivity contribution in [3.8, 4) is 0 Å². The zero-order chi connectivity index (χ0) is 21.1. The predicted molar refractivity (Wildman–Crippen MR) is 95.0 cm³/mol. The Kier molecular flexibility index (Phi) is 11.5. The van der Waals surface area contributed by atoms with E-state index < -0.39 is 55.4 Å². The predicted octanol–water partition coefficient (Wildman–Crippen LogP) is -0.752. The van der Waals surface area contributed by atoms with Crippen molar-refractivity contribution in [2.45, 2.75) is 82.8 Å². The van der Waals surface area contributed by atoms with E-state index in [2.05, 4.69) is 0 Å². The third-order valence-electron chi connectivity index (χ3n) is 4.30. The van der Waals surface area contributed by atoms with Gasteiger partial charge in [0, 0.05) is 12.8 Å². The molecule has 0 aromatic carbocycles. The van der Waals surface area contributed by atoms with E-state index in [1.807, 2.05) is 6.92 Å². The van der Waals surface area contributed by atoms with Crippen molar-refractivity contribution in [2.24, 2.45) is 0 Å². The fraction of sp³-hybridized carbons (Fsp3) is 0.889. The SMILES string of the molecule is CCCCCC(=O)OC(COC(=O)CC)COC1OC(CO)C(O)C(O)C1O. The molecule has 0 saturated carbocycles. The van der Waals surface area contributed by atoms with Crippen molar-refractivity contribution in [1.29, 1.82) is 0 Å². The highest BCUT2D eigenvalue weighted by molar-refractivity contribution is 5.70. The van der Waals surface area contributed by atoms with Crippen LogP contribution in [-0.2, 0) is 28.5 Å². The second kappa shape index (κ2) is 13.0. The minimum Gasteiger partial charge on any atom is -0.462 e. The molecule has 10 nitrogen and oxygen atoms in total. The topological polar surface area (TPSA) is 152 Å². The largest absolute Gasteiger partial charge is 0.462 e. The van der Waals surface area contributed by atoms with Crippen molar-refractivity contribution >= 4 is 11.9 Å². The first-order chi connectivity index (χ1) is 13.3. The van der Waals surface area contributed by atoms with E-state index in [0.717, 1.165) is 12.8 Å². The minimum atomic E-state index is -1.58. The van der Waals surface area contributed by atoms with Gasteiger partial charge < -0.3 is 39.4 Å². The van der Waals surface area contributed by atoms with Gasteiger partial charge in [-0.15, -0.1) is 0 Å². The summed E-state index contributed by atoms with van der Waals surface area (Å²) in [6, 6.07) is 0. The van der Waals surface area contributed by atoms with E-state index in [9.17, 15) is 30.0 Å². The van der Waals surface area contributed by atoms with Crippen LogP contribution in [0.1, 0.15) is 46.0 Å². The molecule has 0 spiro atoms. The zero-order valence-corrected chi connectivity index (χ0v) is 16.4. The number of rotatable bonds is 12. The van der Waals surface area contributed by atoms with Crippen molar-refractivity contribution in [3.63, 3.8) is 0 Å². The van der Waals surface area contributed by atoms with E-state index in [1.165, 1.54) is 0 Å². The summed E-state index contributed by atoms with van der Waals surface area (Å²) in [5, 5.41) is 38.7. The molecule has 6 atom stereocenters. The van der Waals surface area contributed by atoms with E-state index in [4.69, 9.17) is 18.9 Å². The summed E-state index contributed by atoms with van der Waals surface area (Å²) in [4.78, 5) is 23.3. The van der Waals surface area contributed by atoms with Crippen molar-refractivity contribution in [2.75, 3.05) is 19.8 Å². The average Bonchev–Trinajstić information content (AvgIpc) is 2.69. The maximum Gasteiger partial charge on any atom is 0.306 e. The van der Waals surface area contributed by atoms with Crippen molar-refractivity contribution in [3.05, 3.63) is 0 Å². The second-order valence-electron chi connectivity index (χ2n) is 6.64. The van der Waals surface area contributed by atoms with Crippen LogP contribution in [0.15, 0.2) is 0 Å². The van der Waals surface area contributed by atoms with Gasteiger partial charge in [0.05, 0.1) is 13.2 Å². The lowest BCUT2D eigenvalue weighted by atomic mass is 9.99. The average molecular weight is 408 g/mol. The molecule has 6 unspecified atom stereocenters. The Morgan fingerprint density at radius 1 is 1.00 bits per heavy atom. The fourth-order valence-electron chi connectivity index (χ4n) is 2.58. The first-order valence-electron chi connectivity index (χ1n) is 9.61. The van der Waals surface area contributed by atoms with Crippen LogP contribution in [0, 0.1) is 0 Å². The molecular formula is C18H32O10. The molecule has 1 aliphatic rings. The molecule has 0 aromatic rings. The first-order valence-corrected chi connectivity index (χ1v) is 9.61. The van der Waals surface area contributed by atoms with Crippen LogP contribution < -0.4 is 0 Å². The van der Waals surface area contributed by atoms with Crippen LogP contribution in [0.5, 0.6) is 0 Å². The normalized spacial score (nSPS) is 28.6. The van der Waals surface area contributed by atoms with Crippen LogP contribution in [0.25, 0.3) is 0 Å². The first kappa shape index (κ1) is 24.7. The molecule has 1 rings (SSSR count). The summed E-state index contributed by atoms with van der Waals surface area (Å²) in [6.45, 7) is 2.53. The molecule has 1 aliphatic heterocycles. The Balaban J connectivity index is 2.63. The van der Waals surface area contributed by atoms with Gasteiger partial charge in [0.15, 0.2) is 12.4 Å². The number of aliphatic hydroxyl groups is 4. The molecule has 0 bridgehead atoms. The molecule has 1 heterocycles. The van der Waals surface area contributed by atoms with Gasteiger partial charge in [-0.05, 0) is 6.42 Å². The molecule has 0 radical (unpaired) electrons. The van der Waals surface area contributed by atoms with Crippen molar-refractivity contribution in [1.82, 2.24) is 0 Å². The summed E-state index contributed by atoms with van der Waals surface area (Å²) in [6.07, 6.45) is -5.19. The third kappa shape index (κ3) is 7.98. The lowest BCUT2D eigenvalue weighted by Gasteiger charge is -2.39. The number of unbranched alkanes of at least 4 members (excludes halogenated alkanes) is 2.